The van der Waals surface area contributed by atoms with Crippen molar-refractivity contribution >= 4 is 46.2 Å². The number of methoxy groups -OCH3 is 1. The van der Waals surface area contributed by atoms with E-state index >= 15 is 0 Å². The fourth-order valence-corrected chi connectivity index (χ4v) is 5.71. The topological polar surface area (TPSA) is 71.4 Å². The SMILES string of the molecule is COc1ccc(N2C(=S)N[C@H](c3ccccn3)[C@H]2c2cc(C)n(-c3cccc(Cl)c3)c2C)cc1NC(C)=O. The van der Waals surface area contributed by atoms with Crippen molar-refractivity contribution in [1.29, 1.82) is 0 Å². The first-order chi connectivity index (χ1) is 18.3. The van der Waals surface area contributed by atoms with Crippen LogP contribution in [0.3, 0.4) is 0 Å². The standard InChI is InChI=1S/C29H28ClN5O2S/c1-17-14-23(18(2)34(17)21-9-7-8-20(30)15-21)28-27(24-10-5-6-13-31-24)33-29(38)35(28)22-11-12-26(37-4)25(16-22)32-19(3)36/h5-16,27-28H,1-4H3,(H,32,36)(H,33,38)/t27-,28-/m1/s1. The molecule has 194 valence electrons. The lowest BCUT2D eigenvalue weighted by Crippen LogP contribution is -2.29. The Balaban J connectivity index is 1.68. The number of rotatable bonds is 6. The number of pyridine rings is 1. The third-order valence-electron chi connectivity index (χ3n) is 6.73. The molecule has 0 aliphatic carbocycles. The molecule has 2 N–H and O–H groups in total. The monoisotopic (exact) mass is 545 g/mol. The minimum Gasteiger partial charge on any atom is -0.495 e. The minimum absolute atomic E-state index is 0.185. The van der Waals surface area contributed by atoms with E-state index in [1.54, 1.807) is 13.3 Å². The largest absolute Gasteiger partial charge is 0.495 e. The smallest absolute Gasteiger partial charge is 0.221 e. The van der Waals surface area contributed by atoms with Crippen molar-refractivity contribution in [3.8, 4) is 11.4 Å². The quantitative estimate of drug-likeness (QED) is 0.278. The maximum absolute atomic E-state index is 11.9. The number of hydrogen-bond acceptors (Lipinski definition) is 4. The van der Waals surface area contributed by atoms with Crippen molar-refractivity contribution in [2.24, 2.45) is 0 Å². The molecule has 1 aliphatic heterocycles. The number of thiocarbonyl (C=S) groups is 1. The third kappa shape index (κ3) is 4.73. The molecule has 0 spiro atoms. The van der Waals surface area contributed by atoms with Crippen molar-refractivity contribution in [3.63, 3.8) is 0 Å². The highest BCUT2D eigenvalue weighted by Gasteiger charge is 2.42. The van der Waals surface area contributed by atoms with Crippen LogP contribution in [0.15, 0.2) is 72.9 Å². The van der Waals surface area contributed by atoms with Gasteiger partial charge in [-0.3, -0.25) is 9.78 Å². The number of anilines is 2. The van der Waals surface area contributed by atoms with Crippen molar-refractivity contribution in [3.05, 3.63) is 101 Å². The Hall–Kier alpha value is -3.88. The summed E-state index contributed by atoms with van der Waals surface area (Å²) in [4.78, 5) is 18.7. The lowest BCUT2D eigenvalue weighted by molar-refractivity contribution is -0.114. The van der Waals surface area contributed by atoms with Gasteiger partial charge >= 0.3 is 0 Å². The summed E-state index contributed by atoms with van der Waals surface area (Å²) in [7, 11) is 1.58. The predicted molar refractivity (Wildman–Crippen MR) is 155 cm³/mol. The molecular formula is C29H28ClN5O2S. The highest BCUT2D eigenvalue weighted by atomic mass is 35.5. The van der Waals surface area contributed by atoms with Crippen LogP contribution >= 0.6 is 23.8 Å². The summed E-state index contributed by atoms with van der Waals surface area (Å²) in [6.07, 6.45) is 1.79. The van der Waals surface area contributed by atoms with E-state index in [4.69, 9.17) is 28.6 Å². The van der Waals surface area contributed by atoms with Crippen LogP contribution in [0.2, 0.25) is 5.02 Å². The van der Waals surface area contributed by atoms with Crippen molar-refractivity contribution in [2.45, 2.75) is 32.9 Å². The van der Waals surface area contributed by atoms with E-state index in [1.807, 2.05) is 60.7 Å². The number of amides is 1. The Kier molecular flexibility index (Phi) is 7.10. The second-order valence-corrected chi connectivity index (χ2v) is 10.0. The zero-order valence-electron chi connectivity index (χ0n) is 21.5. The van der Waals surface area contributed by atoms with Gasteiger partial charge in [0.2, 0.25) is 5.91 Å². The number of nitrogens with one attached hydrogen (secondary N) is 2. The molecular weight excluding hydrogens is 518 g/mol. The van der Waals surface area contributed by atoms with Crippen LogP contribution in [0.25, 0.3) is 5.69 Å². The summed E-state index contributed by atoms with van der Waals surface area (Å²) in [6, 6.07) is 21.2. The normalized spacial score (nSPS) is 16.9. The molecule has 0 bridgehead atoms. The summed E-state index contributed by atoms with van der Waals surface area (Å²) in [6.45, 7) is 5.66. The van der Waals surface area contributed by atoms with Gasteiger partial charge in [-0.2, -0.15) is 0 Å². The van der Waals surface area contributed by atoms with E-state index in [0.717, 1.165) is 34.0 Å². The summed E-state index contributed by atoms with van der Waals surface area (Å²) in [5.41, 5.74) is 6.51. The molecule has 9 heteroatoms. The molecule has 1 amide bonds. The van der Waals surface area contributed by atoms with E-state index in [0.29, 0.717) is 21.6 Å². The van der Waals surface area contributed by atoms with Crippen LogP contribution < -0.4 is 20.3 Å². The first-order valence-corrected chi connectivity index (χ1v) is 13.0. The van der Waals surface area contributed by atoms with Crippen molar-refractivity contribution < 1.29 is 9.53 Å². The molecule has 2 aromatic heterocycles. The van der Waals surface area contributed by atoms with Crippen molar-refractivity contribution in [2.75, 3.05) is 17.3 Å². The molecule has 38 heavy (non-hydrogen) atoms. The second kappa shape index (κ2) is 10.5. The van der Waals surface area contributed by atoms with E-state index in [-0.39, 0.29) is 18.0 Å². The van der Waals surface area contributed by atoms with E-state index in [2.05, 4.69) is 45.0 Å². The van der Waals surface area contributed by atoms with Gasteiger partial charge in [-0.1, -0.05) is 23.7 Å². The predicted octanol–water partition coefficient (Wildman–Crippen LogP) is 6.29. The molecule has 1 fully saturated rings. The zero-order chi connectivity index (χ0) is 27.0. The van der Waals surface area contributed by atoms with Gasteiger partial charge in [-0.15, -0.1) is 0 Å². The number of aryl methyl sites for hydroxylation is 1. The summed E-state index contributed by atoms with van der Waals surface area (Å²) in [5, 5.41) is 7.62. The number of aromatic nitrogens is 2. The number of carbonyl (C=O) groups is 1. The average Bonchev–Trinajstić information content (AvgIpc) is 3.39. The first-order valence-electron chi connectivity index (χ1n) is 12.2. The summed E-state index contributed by atoms with van der Waals surface area (Å²) >= 11 is 12.2. The second-order valence-electron chi connectivity index (χ2n) is 9.20. The number of halogens is 1. The highest BCUT2D eigenvalue weighted by Crippen LogP contribution is 2.45. The molecule has 1 saturated heterocycles. The maximum Gasteiger partial charge on any atom is 0.221 e. The average molecular weight is 546 g/mol. The molecule has 5 rings (SSSR count). The van der Waals surface area contributed by atoms with Crippen LogP contribution in [0.5, 0.6) is 5.75 Å². The molecule has 0 saturated carbocycles. The Morgan fingerprint density at radius 2 is 1.89 bits per heavy atom. The maximum atomic E-state index is 11.9. The van der Waals surface area contributed by atoms with E-state index in [9.17, 15) is 4.79 Å². The van der Waals surface area contributed by atoms with E-state index < -0.39 is 0 Å². The number of nitrogens with zero attached hydrogens (tertiary/aromatic N) is 3. The van der Waals surface area contributed by atoms with Gasteiger partial charge in [0.15, 0.2) is 5.11 Å². The fraction of sp³-hybridized carbons (Fsp3) is 0.207. The van der Waals surface area contributed by atoms with Crippen LogP contribution in [0, 0.1) is 13.8 Å². The molecule has 3 heterocycles. The third-order valence-corrected chi connectivity index (χ3v) is 7.27. The van der Waals surface area contributed by atoms with E-state index in [1.165, 1.54) is 6.92 Å². The minimum atomic E-state index is -0.213. The Morgan fingerprint density at radius 1 is 1.08 bits per heavy atom. The highest BCUT2D eigenvalue weighted by molar-refractivity contribution is 7.80. The number of ether oxygens (including phenoxy) is 1. The molecule has 1 aliphatic rings. The molecule has 4 aromatic rings. The number of carbonyl (C=O) groups excluding carboxylic acids is 1. The Morgan fingerprint density at radius 3 is 2.58 bits per heavy atom. The van der Waals surface area contributed by atoms with Crippen LogP contribution in [0.1, 0.15) is 41.7 Å². The van der Waals surface area contributed by atoms with Crippen LogP contribution in [0.4, 0.5) is 11.4 Å². The van der Waals surface area contributed by atoms with Crippen LogP contribution in [-0.4, -0.2) is 27.7 Å². The van der Waals surface area contributed by atoms with Crippen LogP contribution in [-0.2, 0) is 4.79 Å². The fourth-order valence-electron chi connectivity index (χ4n) is 5.18. The van der Waals surface area contributed by atoms with Gasteiger partial charge in [-0.05, 0) is 86.2 Å². The van der Waals surface area contributed by atoms with Gasteiger partial charge in [-0.25, -0.2) is 0 Å². The zero-order valence-corrected chi connectivity index (χ0v) is 23.1. The Bertz CT molecular complexity index is 1520. The van der Waals surface area contributed by atoms with Gasteiger partial charge in [0.05, 0.1) is 30.6 Å². The summed E-state index contributed by atoms with van der Waals surface area (Å²) < 4.78 is 7.68. The lowest BCUT2D eigenvalue weighted by Gasteiger charge is -2.29. The number of hydrogen-bond donors (Lipinski definition) is 2. The lowest BCUT2D eigenvalue weighted by atomic mass is 9.96. The van der Waals surface area contributed by atoms with Gasteiger partial charge in [0.1, 0.15) is 5.75 Å². The first kappa shape index (κ1) is 25.8. The van der Waals surface area contributed by atoms with Gasteiger partial charge in [0.25, 0.3) is 0 Å². The molecule has 2 aromatic carbocycles. The van der Waals surface area contributed by atoms with Gasteiger partial charge < -0.3 is 24.8 Å². The summed E-state index contributed by atoms with van der Waals surface area (Å²) in [5.74, 6) is 0.384. The van der Waals surface area contributed by atoms with Gasteiger partial charge in [0, 0.05) is 40.9 Å². The van der Waals surface area contributed by atoms with Crippen molar-refractivity contribution in [1.82, 2.24) is 14.9 Å². The number of benzene rings is 2. The molecule has 0 radical (unpaired) electrons. The molecule has 7 nitrogen and oxygen atoms in total. The Labute approximate surface area is 232 Å². The molecule has 0 unspecified atom stereocenters. The molecule has 2 atom stereocenters.